The zero-order chi connectivity index (χ0) is 20.2. The van der Waals surface area contributed by atoms with Crippen molar-refractivity contribution < 1.29 is 20.1 Å². The fraction of sp³-hybridized carbons (Fsp3) is 0.810. The van der Waals surface area contributed by atoms with E-state index >= 15 is 0 Å². The zero-order valence-corrected chi connectivity index (χ0v) is 17.2. The van der Waals surface area contributed by atoms with Crippen LogP contribution >= 0.6 is 0 Å². The van der Waals surface area contributed by atoms with E-state index in [4.69, 9.17) is 5.41 Å². The Morgan fingerprint density at radius 2 is 1.58 bits per heavy atom. The van der Waals surface area contributed by atoms with Gasteiger partial charge in [-0.3, -0.25) is 4.79 Å². The van der Waals surface area contributed by atoms with E-state index in [2.05, 4.69) is 0 Å². The first-order chi connectivity index (χ1) is 11.9. The van der Waals surface area contributed by atoms with Crippen molar-refractivity contribution in [1.82, 2.24) is 0 Å². The Bertz CT molecular complexity index is 550. The maximum absolute atomic E-state index is 12.6. The van der Waals surface area contributed by atoms with Crippen molar-refractivity contribution in [3.63, 3.8) is 0 Å². The molecule has 5 heteroatoms. The molecule has 0 radical (unpaired) electrons. The molecule has 0 saturated carbocycles. The number of carbonyl (C=O) groups excluding carboxylic acids is 1. The first kappa shape index (κ1) is 22.8. The number of rotatable bonds is 10. The largest absolute Gasteiger partial charge is 0.511 e. The van der Waals surface area contributed by atoms with E-state index in [1.807, 2.05) is 41.5 Å². The molecule has 26 heavy (non-hydrogen) atoms. The molecular formula is C21H37NO4. The molecule has 0 aromatic heterocycles. The van der Waals surface area contributed by atoms with Crippen LogP contribution in [0.25, 0.3) is 0 Å². The summed E-state index contributed by atoms with van der Waals surface area (Å²) in [6, 6.07) is 0. The Morgan fingerprint density at radius 3 is 2.04 bits per heavy atom. The highest BCUT2D eigenvalue weighted by Crippen LogP contribution is 2.44. The zero-order valence-electron chi connectivity index (χ0n) is 17.2. The van der Waals surface area contributed by atoms with E-state index in [0.717, 1.165) is 6.42 Å². The van der Waals surface area contributed by atoms with Crippen molar-refractivity contribution in [3.05, 3.63) is 11.3 Å². The summed E-state index contributed by atoms with van der Waals surface area (Å²) in [7, 11) is 0. The van der Waals surface area contributed by atoms with Crippen LogP contribution in [-0.4, -0.2) is 38.5 Å². The third kappa shape index (κ3) is 4.95. The van der Waals surface area contributed by atoms with E-state index in [1.165, 1.54) is 0 Å². The van der Waals surface area contributed by atoms with Crippen LogP contribution in [-0.2, 0) is 4.79 Å². The summed E-state index contributed by atoms with van der Waals surface area (Å²) in [4.78, 5) is 12.6. The summed E-state index contributed by atoms with van der Waals surface area (Å²) < 4.78 is 0. The monoisotopic (exact) mass is 367 g/mol. The van der Waals surface area contributed by atoms with Crippen LogP contribution in [0, 0.1) is 29.1 Å². The minimum Gasteiger partial charge on any atom is -0.511 e. The van der Waals surface area contributed by atoms with Gasteiger partial charge in [-0.05, 0) is 37.0 Å². The average Bonchev–Trinajstić information content (AvgIpc) is 2.69. The Balaban J connectivity index is 3.22. The highest BCUT2D eigenvalue weighted by molar-refractivity contribution is 6.26. The molecule has 1 aliphatic carbocycles. The minimum absolute atomic E-state index is 0.0847. The molecule has 0 bridgehead atoms. The third-order valence-electron chi connectivity index (χ3n) is 5.20. The molecule has 1 unspecified atom stereocenters. The molecule has 1 rings (SSSR count). The van der Waals surface area contributed by atoms with Crippen LogP contribution in [0.5, 0.6) is 0 Å². The van der Waals surface area contributed by atoms with Gasteiger partial charge in [-0.2, -0.15) is 0 Å². The lowest BCUT2D eigenvalue weighted by Gasteiger charge is -2.36. The molecule has 0 aromatic carbocycles. The Morgan fingerprint density at radius 1 is 1.04 bits per heavy atom. The lowest BCUT2D eigenvalue weighted by molar-refractivity contribution is -0.115. The molecule has 3 atom stereocenters. The Labute approximate surface area is 158 Å². The molecular weight excluding hydrogens is 330 g/mol. The van der Waals surface area contributed by atoms with Crippen molar-refractivity contribution in [1.29, 1.82) is 5.41 Å². The molecule has 150 valence electrons. The Kier molecular flexibility index (Phi) is 8.03. The molecule has 0 aromatic rings. The van der Waals surface area contributed by atoms with Gasteiger partial charge in [-0.15, -0.1) is 0 Å². The molecule has 0 saturated heterocycles. The molecule has 0 spiro atoms. The van der Waals surface area contributed by atoms with Gasteiger partial charge < -0.3 is 20.7 Å². The predicted octanol–water partition coefficient (Wildman–Crippen LogP) is 4.03. The summed E-state index contributed by atoms with van der Waals surface area (Å²) in [5, 5.41) is 41.2. The molecule has 0 aliphatic heterocycles. The van der Waals surface area contributed by atoms with Crippen molar-refractivity contribution in [2.75, 3.05) is 0 Å². The summed E-state index contributed by atoms with van der Waals surface area (Å²) in [6.07, 6.45) is 1.21. The van der Waals surface area contributed by atoms with Crippen molar-refractivity contribution in [2.24, 2.45) is 23.7 Å². The number of carbonyl (C=O) groups is 1. The predicted molar refractivity (Wildman–Crippen MR) is 104 cm³/mol. The number of aliphatic hydroxyl groups excluding tert-OH is 2. The molecule has 1 aliphatic rings. The summed E-state index contributed by atoms with van der Waals surface area (Å²) in [5.74, 6) is -0.558. The van der Waals surface area contributed by atoms with Gasteiger partial charge in [0, 0.05) is 6.42 Å². The quantitative estimate of drug-likeness (QED) is 0.468. The standard InChI is InChI=1S/C21H37NO4/c1-12(2)7-9-15-19(25)18(16(23)11-14(5)6)20(22)21(15,26)17(24)10-8-13(3)4/h12-15,17,22,24-26H,7-11H2,1-6H3/t15?,17-,21-/m0/s1. The second kappa shape index (κ2) is 9.14. The van der Waals surface area contributed by atoms with E-state index in [9.17, 15) is 20.1 Å². The number of nitrogens with one attached hydrogen (secondary N) is 1. The summed E-state index contributed by atoms with van der Waals surface area (Å²) >= 11 is 0. The SMILES string of the molecule is CC(C)CCC1C(O)=C(C(=O)CC(C)C)C(=N)[C@@]1(O)[C@@H](O)CCC(C)C. The van der Waals surface area contributed by atoms with E-state index in [1.54, 1.807) is 0 Å². The lowest BCUT2D eigenvalue weighted by Crippen LogP contribution is -2.52. The molecule has 5 nitrogen and oxygen atoms in total. The maximum Gasteiger partial charge on any atom is 0.168 e. The Hall–Kier alpha value is -1.20. The molecule has 0 fully saturated rings. The van der Waals surface area contributed by atoms with E-state index in [0.29, 0.717) is 31.1 Å². The second-order valence-electron chi connectivity index (χ2n) is 8.99. The number of ketones is 1. The third-order valence-corrected chi connectivity index (χ3v) is 5.20. The molecule has 4 N–H and O–H groups in total. The van der Waals surface area contributed by atoms with Gasteiger partial charge in [0.1, 0.15) is 11.4 Å². The second-order valence-corrected chi connectivity index (χ2v) is 8.99. The first-order valence-electron chi connectivity index (χ1n) is 9.88. The first-order valence-corrected chi connectivity index (χ1v) is 9.88. The number of aliphatic hydroxyl groups is 3. The topological polar surface area (TPSA) is 102 Å². The molecule has 0 heterocycles. The van der Waals surface area contributed by atoms with Crippen molar-refractivity contribution in [3.8, 4) is 0 Å². The van der Waals surface area contributed by atoms with Gasteiger partial charge in [0.2, 0.25) is 0 Å². The van der Waals surface area contributed by atoms with Crippen LogP contribution in [0.15, 0.2) is 11.3 Å². The number of hydrogen-bond acceptors (Lipinski definition) is 5. The molecule has 0 amide bonds. The van der Waals surface area contributed by atoms with Crippen molar-refractivity contribution in [2.45, 2.75) is 85.4 Å². The fourth-order valence-electron chi connectivity index (χ4n) is 3.61. The van der Waals surface area contributed by atoms with Crippen LogP contribution < -0.4 is 0 Å². The normalized spacial score (nSPS) is 25.0. The van der Waals surface area contributed by atoms with Crippen molar-refractivity contribution >= 4 is 11.5 Å². The van der Waals surface area contributed by atoms with Gasteiger partial charge >= 0.3 is 0 Å². The van der Waals surface area contributed by atoms with Gasteiger partial charge in [0.25, 0.3) is 0 Å². The van der Waals surface area contributed by atoms with Crippen LogP contribution in [0.2, 0.25) is 0 Å². The van der Waals surface area contributed by atoms with Gasteiger partial charge in [0.15, 0.2) is 5.78 Å². The minimum atomic E-state index is -1.89. The van der Waals surface area contributed by atoms with Gasteiger partial charge in [-0.1, -0.05) is 48.0 Å². The van der Waals surface area contributed by atoms with E-state index in [-0.39, 0.29) is 35.2 Å². The van der Waals surface area contributed by atoms with Crippen LogP contribution in [0.3, 0.4) is 0 Å². The van der Waals surface area contributed by atoms with E-state index < -0.39 is 17.6 Å². The van der Waals surface area contributed by atoms with Gasteiger partial charge in [0.05, 0.1) is 23.3 Å². The van der Waals surface area contributed by atoms with Crippen LogP contribution in [0.4, 0.5) is 0 Å². The summed E-state index contributed by atoms with van der Waals surface area (Å²) in [6.45, 7) is 11.9. The number of Topliss-reactive ketones (excluding diaryl/α,β-unsaturated/α-hetero) is 1. The highest BCUT2D eigenvalue weighted by atomic mass is 16.3. The highest BCUT2D eigenvalue weighted by Gasteiger charge is 2.56. The average molecular weight is 368 g/mol. The smallest absolute Gasteiger partial charge is 0.168 e. The summed E-state index contributed by atoms with van der Waals surface area (Å²) in [5.41, 5.74) is -2.29. The van der Waals surface area contributed by atoms with Gasteiger partial charge in [-0.25, -0.2) is 0 Å². The van der Waals surface area contributed by atoms with Crippen LogP contribution in [0.1, 0.15) is 73.6 Å². The lowest BCUT2D eigenvalue weighted by atomic mass is 9.77. The maximum atomic E-state index is 12.6. The number of hydrogen-bond donors (Lipinski definition) is 4. The fourth-order valence-corrected chi connectivity index (χ4v) is 3.61.